The van der Waals surface area contributed by atoms with Gasteiger partial charge in [-0.2, -0.15) is 0 Å². The van der Waals surface area contributed by atoms with E-state index in [1.54, 1.807) is 24.1 Å². The Morgan fingerprint density at radius 1 is 0.957 bits per heavy atom. The van der Waals surface area contributed by atoms with Gasteiger partial charge < -0.3 is 28.9 Å². The third kappa shape index (κ3) is 7.65. The highest BCUT2D eigenvalue weighted by atomic mass is 16.6. The van der Waals surface area contributed by atoms with Crippen molar-refractivity contribution in [3.63, 3.8) is 0 Å². The number of carbonyl (C=O) groups excluding carboxylic acids is 2. The molecule has 1 aromatic heterocycles. The van der Waals surface area contributed by atoms with Crippen LogP contribution in [0.15, 0.2) is 79.0 Å². The first-order chi connectivity index (χ1) is 22.6. The van der Waals surface area contributed by atoms with Crippen molar-refractivity contribution in [1.82, 2.24) is 14.4 Å². The molecule has 1 saturated heterocycles. The molecule has 8 nitrogen and oxygen atoms in total. The normalized spacial score (nSPS) is 18.3. The Balaban J connectivity index is 1.32. The predicted octanol–water partition coefficient (Wildman–Crippen LogP) is 7.58. The van der Waals surface area contributed by atoms with Crippen molar-refractivity contribution in [2.45, 2.75) is 77.1 Å². The molecule has 47 heavy (non-hydrogen) atoms. The molecule has 8 heteroatoms. The lowest BCUT2D eigenvalue weighted by Gasteiger charge is -2.40. The lowest BCUT2D eigenvalue weighted by molar-refractivity contribution is -0.139. The fourth-order valence-electron chi connectivity index (χ4n) is 6.91. The highest BCUT2D eigenvalue weighted by Gasteiger charge is 2.43. The third-order valence-corrected chi connectivity index (χ3v) is 9.31. The van der Waals surface area contributed by atoms with E-state index in [0.29, 0.717) is 32.7 Å². The average molecular weight is 638 g/mol. The van der Waals surface area contributed by atoms with Crippen LogP contribution in [-0.2, 0) is 27.4 Å². The second-order valence-electron chi connectivity index (χ2n) is 14.0. The summed E-state index contributed by atoms with van der Waals surface area (Å²) in [6.45, 7) is 8.49. The maximum absolute atomic E-state index is 14.9. The van der Waals surface area contributed by atoms with E-state index >= 15 is 0 Å². The number of amides is 2. The zero-order valence-corrected chi connectivity index (χ0v) is 28.0. The minimum Gasteiger partial charge on any atom is -0.508 e. The number of aromatic hydroxyl groups is 1. The molecule has 1 N–H and O–H groups in total. The molecule has 1 saturated carbocycles. The topological polar surface area (TPSA) is 84.2 Å². The third-order valence-electron chi connectivity index (χ3n) is 9.31. The number of hydrogen-bond donors (Lipinski definition) is 1. The molecule has 2 aliphatic rings. The van der Waals surface area contributed by atoms with Gasteiger partial charge in [0, 0.05) is 63.0 Å². The second-order valence-corrected chi connectivity index (χ2v) is 14.0. The van der Waals surface area contributed by atoms with Crippen LogP contribution >= 0.6 is 0 Å². The van der Waals surface area contributed by atoms with E-state index in [1.165, 1.54) is 0 Å². The molecule has 2 heterocycles. The Hall–Kier alpha value is -4.30. The maximum Gasteiger partial charge on any atom is 0.410 e. The smallest absolute Gasteiger partial charge is 0.410 e. The first-order valence-corrected chi connectivity index (χ1v) is 16.8. The predicted molar refractivity (Wildman–Crippen MR) is 184 cm³/mol. The summed E-state index contributed by atoms with van der Waals surface area (Å²) >= 11 is 0. The van der Waals surface area contributed by atoms with Crippen LogP contribution in [0, 0.1) is 5.92 Å². The van der Waals surface area contributed by atoms with E-state index in [1.807, 2.05) is 45.0 Å². The van der Waals surface area contributed by atoms with E-state index in [0.717, 1.165) is 59.0 Å². The number of piperidine rings is 1. The molecular weight excluding hydrogens is 590 g/mol. The van der Waals surface area contributed by atoms with Crippen molar-refractivity contribution in [3.8, 4) is 16.9 Å². The molecule has 0 spiro atoms. The molecule has 2 amide bonds. The van der Waals surface area contributed by atoms with E-state index < -0.39 is 11.5 Å². The van der Waals surface area contributed by atoms with Gasteiger partial charge in [0.05, 0.1) is 5.92 Å². The van der Waals surface area contributed by atoms with Crippen molar-refractivity contribution >= 4 is 22.9 Å². The number of rotatable bonds is 10. The van der Waals surface area contributed by atoms with Crippen LogP contribution in [0.5, 0.6) is 5.75 Å². The van der Waals surface area contributed by atoms with Gasteiger partial charge in [-0.1, -0.05) is 54.6 Å². The molecule has 248 valence electrons. The fraction of sp³-hybridized carbons (Fsp3) is 0.436. The van der Waals surface area contributed by atoms with Crippen molar-refractivity contribution in [1.29, 1.82) is 0 Å². The first-order valence-electron chi connectivity index (χ1n) is 16.8. The summed E-state index contributed by atoms with van der Waals surface area (Å²) in [6, 6.07) is 24.1. The minimum atomic E-state index is -0.624. The maximum atomic E-state index is 14.9. The van der Waals surface area contributed by atoms with E-state index in [-0.39, 0.29) is 29.7 Å². The molecule has 2 fully saturated rings. The van der Waals surface area contributed by atoms with Crippen molar-refractivity contribution in [2.24, 2.45) is 5.92 Å². The van der Waals surface area contributed by atoms with Crippen molar-refractivity contribution < 1.29 is 24.2 Å². The summed E-state index contributed by atoms with van der Waals surface area (Å²) < 4.78 is 13.4. The van der Waals surface area contributed by atoms with E-state index in [2.05, 4.69) is 52.1 Å². The number of methoxy groups -OCH3 is 1. The zero-order valence-electron chi connectivity index (χ0n) is 28.0. The molecule has 4 aromatic rings. The van der Waals surface area contributed by atoms with Gasteiger partial charge in [-0.25, -0.2) is 4.79 Å². The number of hydrogen-bond acceptors (Lipinski definition) is 5. The number of benzene rings is 3. The van der Waals surface area contributed by atoms with Gasteiger partial charge in [0.2, 0.25) is 5.91 Å². The lowest BCUT2D eigenvalue weighted by atomic mass is 9.79. The first kappa shape index (κ1) is 32.6. The van der Waals surface area contributed by atoms with Crippen LogP contribution in [0.3, 0.4) is 0 Å². The summed E-state index contributed by atoms with van der Waals surface area (Å²) in [5, 5.41) is 11.3. The highest BCUT2D eigenvalue weighted by molar-refractivity contribution is 5.86. The van der Waals surface area contributed by atoms with Crippen LogP contribution in [-0.4, -0.2) is 69.9 Å². The molecular formula is C39H47N3O5. The largest absolute Gasteiger partial charge is 0.508 e. The summed E-state index contributed by atoms with van der Waals surface area (Å²) in [4.78, 5) is 32.0. The SMILES string of the molecule is COCCCn1cc(CN(C(=O)[C@H]2CN(C(=O)OC(C)(C)C)CC[C@@H]2c2cccc(-c3cccc(O)c3)c2)C2CC2)c2ccccc21. The molecule has 0 bridgehead atoms. The molecule has 1 aliphatic heterocycles. The Labute approximate surface area is 277 Å². The van der Waals surface area contributed by atoms with Gasteiger partial charge in [-0.05, 0) is 92.8 Å². The molecule has 0 radical (unpaired) electrons. The number of aromatic nitrogens is 1. The van der Waals surface area contributed by atoms with Gasteiger partial charge in [-0.3, -0.25) is 4.79 Å². The molecule has 2 atom stereocenters. The van der Waals surface area contributed by atoms with Crippen LogP contribution < -0.4 is 0 Å². The number of aryl methyl sites for hydroxylation is 1. The fourth-order valence-corrected chi connectivity index (χ4v) is 6.91. The molecule has 0 unspecified atom stereocenters. The van der Waals surface area contributed by atoms with Gasteiger partial charge in [0.1, 0.15) is 11.4 Å². The summed E-state index contributed by atoms with van der Waals surface area (Å²) in [5.74, 6) is -0.196. The Morgan fingerprint density at radius 2 is 1.70 bits per heavy atom. The minimum absolute atomic E-state index is 0.0740. The molecule has 6 rings (SSSR count). The lowest BCUT2D eigenvalue weighted by Crippen LogP contribution is -2.51. The van der Waals surface area contributed by atoms with Gasteiger partial charge in [0.15, 0.2) is 0 Å². The Bertz CT molecular complexity index is 1720. The second kappa shape index (κ2) is 13.8. The summed E-state index contributed by atoms with van der Waals surface area (Å²) in [5.41, 5.74) is 4.65. The number of nitrogens with zero attached hydrogens (tertiary/aromatic N) is 3. The van der Waals surface area contributed by atoms with Gasteiger partial charge in [-0.15, -0.1) is 0 Å². The van der Waals surface area contributed by atoms with E-state index in [9.17, 15) is 14.7 Å². The number of para-hydroxylation sites is 1. The quantitative estimate of drug-likeness (QED) is 0.181. The van der Waals surface area contributed by atoms with Crippen LogP contribution in [0.1, 0.15) is 63.5 Å². The zero-order chi connectivity index (χ0) is 33.1. The van der Waals surface area contributed by atoms with Gasteiger partial charge in [0.25, 0.3) is 0 Å². The Morgan fingerprint density at radius 3 is 2.43 bits per heavy atom. The number of phenolic OH excluding ortho intramolecular Hbond substituents is 1. The summed E-state index contributed by atoms with van der Waals surface area (Å²) in [7, 11) is 1.73. The van der Waals surface area contributed by atoms with Crippen LogP contribution in [0.4, 0.5) is 4.79 Å². The standard InChI is InChI=1S/C39H47N3O5/c1-39(2,3)47-38(45)41-20-18-33(29-12-7-10-27(22-29)28-11-8-13-32(43)23-28)35(26-41)37(44)42(31-16-17-31)25-30-24-40(19-9-21-46-4)36-15-6-5-14-34(30)36/h5-8,10-15,22-24,31,33,35,43H,9,16-21,25-26H2,1-4H3/t33-,35+/m1/s1. The average Bonchev–Trinajstić information content (AvgIpc) is 3.84. The van der Waals surface area contributed by atoms with Crippen molar-refractivity contribution in [3.05, 3.63) is 90.1 Å². The monoisotopic (exact) mass is 637 g/mol. The summed E-state index contributed by atoms with van der Waals surface area (Å²) in [6.07, 6.45) is 5.35. The number of phenols is 1. The number of likely N-dealkylation sites (tertiary alicyclic amines) is 1. The van der Waals surface area contributed by atoms with Crippen LogP contribution in [0.25, 0.3) is 22.0 Å². The Kier molecular flexibility index (Phi) is 9.60. The molecule has 3 aromatic carbocycles. The number of carbonyl (C=O) groups is 2. The van der Waals surface area contributed by atoms with Crippen LogP contribution in [0.2, 0.25) is 0 Å². The highest BCUT2D eigenvalue weighted by Crippen LogP contribution is 2.40. The van der Waals surface area contributed by atoms with Crippen molar-refractivity contribution in [2.75, 3.05) is 26.8 Å². The number of fused-ring (bicyclic) bond motifs is 1. The van der Waals surface area contributed by atoms with E-state index in [4.69, 9.17) is 9.47 Å². The van der Waals surface area contributed by atoms with Gasteiger partial charge >= 0.3 is 6.09 Å². The molecule has 1 aliphatic carbocycles. The number of ether oxygens (including phenoxy) is 2.